The number of H-pyrrole nitrogens is 2. The highest BCUT2D eigenvalue weighted by molar-refractivity contribution is 6.00. The van der Waals surface area contributed by atoms with Gasteiger partial charge in [-0.05, 0) is 67.6 Å². The molecule has 1 unspecified atom stereocenters. The van der Waals surface area contributed by atoms with E-state index in [0.717, 1.165) is 19.1 Å². The van der Waals surface area contributed by atoms with Gasteiger partial charge in [-0.15, -0.1) is 0 Å². The molecule has 3 N–H and O–H groups in total. The average Bonchev–Trinajstić information content (AvgIpc) is 3.88. The summed E-state index contributed by atoms with van der Waals surface area (Å²) in [5.74, 6) is -21.7. The minimum Gasteiger partial charge on any atom is -0.459 e. The molecule has 0 fully saturated rings. The van der Waals surface area contributed by atoms with E-state index in [1.165, 1.54) is 24.3 Å². The molecule has 7 rings (SSSR count). The molecule has 0 amide bonds. The van der Waals surface area contributed by atoms with Crippen LogP contribution in [-0.4, -0.2) is 31.3 Å². The smallest absolute Gasteiger partial charge is 0.204 e. The number of hydrogen-bond donors (Lipinski definition) is 3. The molecule has 0 saturated heterocycles. The van der Waals surface area contributed by atoms with Crippen molar-refractivity contribution in [2.75, 3.05) is 0 Å². The molecule has 0 spiro atoms. The maximum absolute atomic E-state index is 15.8. The minimum absolute atomic E-state index is 0.111. The number of hydrogen-bond acceptors (Lipinski definition) is 4. The summed E-state index contributed by atoms with van der Waals surface area (Å²) < 4.78 is 141. The van der Waals surface area contributed by atoms with Crippen molar-refractivity contribution in [3.63, 3.8) is 0 Å². The molecule has 0 radical (unpaired) electrons. The van der Waals surface area contributed by atoms with E-state index in [9.17, 15) is 18.3 Å². The summed E-state index contributed by atoms with van der Waals surface area (Å²) in [6.07, 6.45) is 3.70. The predicted octanol–water partition coefficient (Wildman–Crippen LogP) is 8.96. The van der Waals surface area contributed by atoms with Crippen LogP contribution < -0.4 is 4.74 Å². The van der Waals surface area contributed by atoms with Gasteiger partial charge in [0.1, 0.15) is 0 Å². The monoisotopic (exact) mass is 684 g/mol. The van der Waals surface area contributed by atoms with Gasteiger partial charge in [-0.25, -0.2) is 40.7 Å². The number of nitrogens with zero attached hydrogens (tertiary/aromatic N) is 2. The number of fused-ring (bicyclic) bond motifs is 8. The van der Waals surface area contributed by atoms with Crippen LogP contribution in [0.1, 0.15) is 29.7 Å². The van der Waals surface area contributed by atoms with Crippen LogP contribution in [0.5, 0.6) is 5.75 Å². The maximum Gasteiger partial charge on any atom is 0.204 e. The van der Waals surface area contributed by atoms with E-state index < -0.39 is 97.9 Å². The van der Waals surface area contributed by atoms with Gasteiger partial charge >= 0.3 is 0 Å². The first-order chi connectivity index (χ1) is 23.3. The Bertz CT molecular complexity index is 2410. The summed E-state index contributed by atoms with van der Waals surface area (Å²) in [4.78, 5) is 14.4. The molecule has 49 heavy (non-hydrogen) atoms. The van der Waals surface area contributed by atoms with Crippen molar-refractivity contribution in [2.24, 2.45) is 0 Å². The third-order valence-corrected chi connectivity index (χ3v) is 7.57. The summed E-state index contributed by atoms with van der Waals surface area (Å²) in [5.41, 5.74) is -4.17. The second-order valence-electron chi connectivity index (χ2n) is 10.9. The number of aromatic amines is 2. The lowest BCUT2D eigenvalue weighted by Gasteiger charge is -2.15. The van der Waals surface area contributed by atoms with Crippen molar-refractivity contribution in [1.82, 2.24) is 19.9 Å². The largest absolute Gasteiger partial charge is 0.459 e. The van der Waals surface area contributed by atoms with E-state index in [-0.39, 0.29) is 16.9 Å². The molecule has 15 heteroatoms. The maximum atomic E-state index is 15.8. The number of halogens is 9. The molecule has 0 saturated carbocycles. The third-order valence-electron chi connectivity index (χ3n) is 7.57. The van der Waals surface area contributed by atoms with Crippen LogP contribution in [0.4, 0.5) is 39.5 Å². The summed E-state index contributed by atoms with van der Waals surface area (Å²) >= 11 is 0. The lowest BCUT2D eigenvalue weighted by molar-refractivity contribution is -0.00698. The quantitative estimate of drug-likeness (QED) is 0.0748. The molecule has 8 bridgehead atoms. The standard InChI is InChI=1S/C34H17F9N4O2/c1-12(48)49-34-31(42)24(35)21(25(36)32(34)43)19-11-18-10-16-5-4-14(45-16)8-13-2-3-15(44-13)9-17-6-7-20(46-17)22(33(19)47-18)23-26(37)28(39)30(41)29(40)27(23)38/h2-12,44,47-48H,1H3. The first-order valence-electron chi connectivity index (χ1n) is 14.2. The van der Waals surface area contributed by atoms with Crippen LogP contribution in [0.15, 0.2) is 36.4 Å². The Hall–Kier alpha value is -5.83. The number of aromatic nitrogens is 4. The van der Waals surface area contributed by atoms with Gasteiger partial charge in [-0.3, -0.25) is 0 Å². The molecule has 2 aliphatic heterocycles. The molecule has 2 aliphatic rings. The van der Waals surface area contributed by atoms with E-state index in [4.69, 9.17) is 0 Å². The number of nitrogens with one attached hydrogen (secondary N) is 2. The second kappa shape index (κ2) is 11.7. The molecule has 3 aromatic heterocycles. The summed E-state index contributed by atoms with van der Waals surface area (Å²) in [6, 6.07) is 8.78. The van der Waals surface area contributed by atoms with Gasteiger partial charge in [0.15, 0.2) is 46.9 Å². The zero-order valence-corrected chi connectivity index (χ0v) is 24.5. The van der Waals surface area contributed by atoms with Crippen LogP contribution in [0, 0.1) is 52.4 Å². The second-order valence-corrected chi connectivity index (χ2v) is 10.9. The normalized spacial score (nSPS) is 13.0. The fourth-order valence-electron chi connectivity index (χ4n) is 5.50. The summed E-state index contributed by atoms with van der Waals surface area (Å²) in [7, 11) is 0. The van der Waals surface area contributed by atoms with Crippen molar-refractivity contribution in [3.8, 4) is 28.0 Å². The average molecular weight is 685 g/mol. The number of rotatable bonds is 4. The van der Waals surface area contributed by atoms with Crippen LogP contribution >= 0.6 is 0 Å². The highest BCUT2D eigenvalue weighted by Gasteiger charge is 2.33. The fraction of sp³-hybridized carbons (Fsp3) is 0.0588. The Labute approximate surface area is 268 Å². The minimum atomic E-state index is -2.48. The molecule has 5 aromatic rings. The van der Waals surface area contributed by atoms with Crippen molar-refractivity contribution >= 4 is 46.4 Å². The SMILES string of the molecule is CC(O)Oc1c(F)c(F)c(-c2cc3cc4nc(cc5ccc(cc6nc(c(-c7c(F)c(F)c(F)c(F)c7F)c2[nH]3)C=C6)[nH]5)C=C4)c(F)c1F. The molecule has 2 aromatic carbocycles. The lowest BCUT2D eigenvalue weighted by atomic mass is 9.96. The number of aliphatic hydroxyl groups is 1. The topological polar surface area (TPSA) is 86.8 Å². The van der Waals surface area contributed by atoms with Crippen molar-refractivity contribution in [1.29, 1.82) is 0 Å². The van der Waals surface area contributed by atoms with Crippen molar-refractivity contribution < 1.29 is 49.4 Å². The number of aliphatic hydroxyl groups excluding tert-OH is 1. The molecular weight excluding hydrogens is 667 g/mol. The van der Waals surface area contributed by atoms with E-state index in [1.807, 2.05) is 0 Å². The molecule has 1 atom stereocenters. The Morgan fingerprint density at radius 3 is 1.61 bits per heavy atom. The Morgan fingerprint density at radius 1 is 0.551 bits per heavy atom. The van der Waals surface area contributed by atoms with Gasteiger partial charge in [0.25, 0.3) is 0 Å². The van der Waals surface area contributed by atoms with Crippen molar-refractivity contribution in [2.45, 2.75) is 13.2 Å². The Balaban J connectivity index is 1.71. The first kappa shape index (κ1) is 31.8. The van der Waals surface area contributed by atoms with E-state index >= 15 is 26.3 Å². The predicted molar refractivity (Wildman–Crippen MR) is 162 cm³/mol. The molecule has 0 aliphatic carbocycles. The van der Waals surface area contributed by atoms with Gasteiger partial charge in [0.2, 0.25) is 17.5 Å². The molecular formula is C34H17F9N4O2. The number of benzene rings is 2. The van der Waals surface area contributed by atoms with E-state index in [1.54, 1.807) is 24.3 Å². The van der Waals surface area contributed by atoms with Gasteiger partial charge in [-0.2, -0.15) is 8.78 Å². The van der Waals surface area contributed by atoms with Crippen LogP contribution in [0.25, 0.3) is 68.6 Å². The van der Waals surface area contributed by atoms with Crippen LogP contribution in [-0.2, 0) is 0 Å². The third kappa shape index (κ3) is 5.31. The summed E-state index contributed by atoms with van der Waals surface area (Å²) in [5, 5.41) is 9.45. The fourth-order valence-corrected chi connectivity index (χ4v) is 5.50. The van der Waals surface area contributed by atoms with Gasteiger partial charge in [-0.1, -0.05) is 0 Å². The van der Waals surface area contributed by atoms with Gasteiger partial charge in [0.05, 0.1) is 39.4 Å². The Kier molecular flexibility index (Phi) is 7.58. The Morgan fingerprint density at radius 2 is 1.04 bits per heavy atom. The highest BCUT2D eigenvalue weighted by atomic mass is 19.2. The van der Waals surface area contributed by atoms with E-state index in [2.05, 4.69) is 24.7 Å². The lowest BCUT2D eigenvalue weighted by Crippen LogP contribution is -2.14. The molecule has 6 nitrogen and oxygen atoms in total. The first-order valence-corrected chi connectivity index (χ1v) is 14.2. The van der Waals surface area contributed by atoms with E-state index in [0.29, 0.717) is 16.7 Å². The zero-order chi connectivity index (χ0) is 34.9. The van der Waals surface area contributed by atoms with Gasteiger partial charge in [0, 0.05) is 27.7 Å². The van der Waals surface area contributed by atoms with Crippen molar-refractivity contribution in [3.05, 3.63) is 112 Å². The van der Waals surface area contributed by atoms with Crippen LogP contribution in [0.2, 0.25) is 0 Å². The molecule has 5 heterocycles. The number of ether oxygens (including phenoxy) is 1. The highest BCUT2D eigenvalue weighted by Crippen LogP contribution is 2.43. The van der Waals surface area contributed by atoms with Crippen LogP contribution in [0.3, 0.4) is 0 Å². The molecule has 248 valence electrons. The zero-order valence-electron chi connectivity index (χ0n) is 24.5. The van der Waals surface area contributed by atoms with Gasteiger partial charge < -0.3 is 19.8 Å². The summed E-state index contributed by atoms with van der Waals surface area (Å²) in [6.45, 7) is 0.912.